The molecule has 0 rings (SSSR count). The molecule has 0 aromatic heterocycles. The van der Waals surface area contributed by atoms with Crippen molar-refractivity contribution in [2.75, 3.05) is 6.61 Å². The number of carbonyl (C=O) groups is 1. The zero-order valence-electron chi connectivity index (χ0n) is 8.33. The van der Waals surface area contributed by atoms with Crippen LogP contribution in [0.2, 0.25) is 0 Å². The third kappa shape index (κ3) is 4.35. The van der Waals surface area contributed by atoms with E-state index >= 15 is 0 Å². The van der Waals surface area contributed by atoms with Gasteiger partial charge >= 0.3 is 5.97 Å². The van der Waals surface area contributed by atoms with Gasteiger partial charge in [0, 0.05) is 0 Å². The summed E-state index contributed by atoms with van der Waals surface area (Å²) in [6, 6.07) is 0. The minimum atomic E-state index is -0.461. The number of hydrogen-bond acceptors (Lipinski definition) is 3. The van der Waals surface area contributed by atoms with Crippen molar-refractivity contribution in [2.45, 2.75) is 27.2 Å². The Balaban J connectivity index is 4.30. The molecule has 0 spiro atoms. The lowest BCUT2D eigenvalue weighted by Gasteiger charge is -2.03. The molecule has 0 aliphatic rings. The number of aliphatic hydroxyl groups excluding tert-OH is 1. The Kier molecular flexibility index (Phi) is 5.68. The van der Waals surface area contributed by atoms with Gasteiger partial charge in [-0.05, 0) is 26.3 Å². The highest BCUT2D eigenvalue weighted by Crippen LogP contribution is 2.04. The van der Waals surface area contributed by atoms with Gasteiger partial charge in [0.15, 0.2) is 0 Å². The molecule has 1 N–H and O–H groups in total. The number of ether oxygens (including phenoxy) is 1. The third-order valence-corrected chi connectivity index (χ3v) is 1.45. The van der Waals surface area contributed by atoms with Crippen molar-refractivity contribution >= 4 is 5.97 Å². The maximum absolute atomic E-state index is 11.1. The molecule has 0 aromatic carbocycles. The molecule has 0 aromatic rings. The highest BCUT2D eigenvalue weighted by molar-refractivity contribution is 5.88. The van der Waals surface area contributed by atoms with E-state index < -0.39 is 5.97 Å². The standard InChI is InChI=1S/C10H16O3/c1-4-6-9(11)8(3)10(12)13-7-5-2/h4,6,11H,5,7H2,1-3H3. The Labute approximate surface area is 78.7 Å². The zero-order chi connectivity index (χ0) is 10.3. The monoisotopic (exact) mass is 184 g/mol. The van der Waals surface area contributed by atoms with Crippen LogP contribution in [0, 0.1) is 0 Å². The van der Waals surface area contributed by atoms with Crippen LogP contribution in [0.25, 0.3) is 0 Å². The Hall–Kier alpha value is -1.25. The first kappa shape index (κ1) is 11.8. The molecule has 74 valence electrons. The number of allylic oxidation sites excluding steroid dienone is 2. The molecule has 0 unspecified atom stereocenters. The van der Waals surface area contributed by atoms with Crippen LogP contribution in [0.15, 0.2) is 23.5 Å². The van der Waals surface area contributed by atoms with E-state index in [-0.39, 0.29) is 11.3 Å². The number of esters is 1. The molecule has 13 heavy (non-hydrogen) atoms. The van der Waals surface area contributed by atoms with E-state index in [1.54, 1.807) is 13.0 Å². The summed E-state index contributed by atoms with van der Waals surface area (Å²) in [5.74, 6) is -0.499. The number of aliphatic hydroxyl groups is 1. The lowest BCUT2D eigenvalue weighted by Crippen LogP contribution is -2.08. The van der Waals surface area contributed by atoms with Crippen molar-refractivity contribution < 1.29 is 14.6 Å². The normalized spacial score (nSPS) is 12.8. The molecule has 0 radical (unpaired) electrons. The van der Waals surface area contributed by atoms with Crippen LogP contribution < -0.4 is 0 Å². The molecule has 0 heterocycles. The van der Waals surface area contributed by atoms with Crippen LogP contribution in [0.3, 0.4) is 0 Å². The predicted molar refractivity (Wildman–Crippen MR) is 51.4 cm³/mol. The van der Waals surface area contributed by atoms with E-state index in [9.17, 15) is 9.90 Å². The van der Waals surface area contributed by atoms with Crippen LogP contribution >= 0.6 is 0 Å². The maximum atomic E-state index is 11.1. The fourth-order valence-corrected chi connectivity index (χ4v) is 0.690. The lowest BCUT2D eigenvalue weighted by atomic mass is 10.2. The quantitative estimate of drug-likeness (QED) is 0.316. The average molecular weight is 184 g/mol. The molecule has 0 aliphatic heterocycles. The topological polar surface area (TPSA) is 46.5 Å². The van der Waals surface area contributed by atoms with Gasteiger partial charge in [0.2, 0.25) is 0 Å². The predicted octanol–water partition coefficient (Wildman–Crippen LogP) is 2.35. The van der Waals surface area contributed by atoms with E-state index in [0.29, 0.717) is 6.61 Å². The minimum Gasteiger partial charge on any atom is -0.507 e. The summed E-state index contributed by atoms with van der Waals surface area (Å²) >= 11 is 0. The fraction of sp³-hybridized carbons (Fsp3) is 0.500. The van der Waals surface area contributed by atoms with Crippen LogP contribution in [-0.4, -0.2) is 17.7 Å². The Bertz CT molecular complexity index is 226. The average Bonchev–Trinajstić information content (AvgIpc) is 2.13. The summed E-state index contributed by atoms with van der Waals surface area (Å²) in [6.45, 7) is 5.60. The van der Waals surface area contributed by atoms with Gasteiger partial charge < -0.3 is 9.84 Å². The van der Waals surface area contributed by atoms with E-state index in [4.69, 9.17) is 4.74 Å². The SMILES string of the molecule is CC=CC(O)=C(C)C(=O)OCCC. The van der Waals surface area contributed by atoms with Crippen LogP contribution in [0.4, 0.5) is 0 Å². The van der Waals surface area contributed by atoms with Crippen LogP contribution in [-0.2, 0) is 9.53 Å². The molecule has 0 aliphatic carbocycles. The molecule has 3 heteroatoms. The van der Waals surface area contributed by atoms with Gasteiger partial charge in [-0.25, -0.2) is 4.79 Å². The molecule has 0 atom stereocenters. The summed E-state index contributed by atoms with van der Waals surface area (Å²) in [4.78, 5) is 11.1. The fourth-order valence-electron chi connectivity index (χ4n) is 0.690. The van der Waals surface area contributed by atoms with E-state index in [2.05, 4.69) is 0 Å². The van der Waals surface area contributed by atoms with Gasteiger partial charge in [-0.3, -0.25) is 0 Å². The second kappa shape index (κ2) is 6.29. The highest BCUT2D eigenvalue weighted by atomic mass is 16.5. The maximum Gasteiger partial charge on any atom is 0.337 e. The summed E-state index contributed by atoms with van der Waals surface area (Å²) in [6.07, 6.45) is 3.90. The molecule has 0 amide bonds. The Morgan fingerprint density at radius 2 is 2.15 bits per heavy atom. The molecule has 3 nitrogen and oxygen atoms in total. The van der Waals surface area contributed by atoms with Gasteiger partial charge in [-0.2, -0.15) is 0 Å². The first-order chi connectivity index (χ1) is 6.13. The van der Waals surface area contributed by atoms with Crippen LogP contribution in [0.5, 0.6) is 0 Å². The Morgan fingerprint density at radius 3 is 2.62 bits per heavy atom. The number of carbonyl (C=O) groups excluding carboxylic acids is 1. The third-order valence-electron chi connectivity index (χ3n) is 1.45. The molecular formula is C10H16O3. The van der Waals surface area contributed by atoms with Crippen molar-refractivity contribution in [2.24, 2.45) is 0 Å². The van der Waals surface area contributed by atoms with Gasteiger partial charge in [0.25, 0.3) is 0 Å². The number of rotatable bonds is 4. The van der Waals surface area contributed by atoms with Gasteiger partial charge in [-0.15, -0.1) is 0 Å². The first-order valence-electron chi connectivity index (χ1n) is 4.33. The second-order valence-corrected chi connectivity index (χ2v) is 2.65. The van der Waals surface area contributed by atoms with Crippen molar-refractivity contribution in [1.29, 1.82) is 0 Å². The molecule has 0 fully saturated rings. The molecular weight excluding hydrogens is 168 g/mol. The zero-order valence-corrected chi connectivity index (χ0v) is 8.33. The highest BCUT2D eigenvalue weighted by Gasteiger charge is 2.08. The number of hydrogen-bond donors (Lipinski definition) is 1. The van der Waals surface area contributed by atoms with Crippen molar-refractivity contribution in [3.63, 3.8) is 0 Å². The van der Waals surface area contributed by atoms with E-state index in [1.165, 1.54) is 13.0 Å². The van der Waals surface area contributed by atoms with Crippen molar-refractivity contribution in [3.05, 3.63) is 23.5 Å². The van der Waals surface area contributed by atoms with Crippen molar-refractivity contribution in [1.82, 2.24) is 0 Å². The van der Waals surface area contributed by atoms with E-state index in [0.717, 1.165) is 6.42 Å². The lowest BCUT2D eigenvalue weighted by molar-refractivity contribution is -0.139. The molecule has 0 saturated carbocycles. The van der Waals surface area contributed by atoms with Crippen molar-refractivity contribution in [3.8, 4) is 0 Å². The molecule has 0 bridgehead atoms. The largest absolute Gasteiger partial charge is 0.507 e. The summed E-state index contributed by atoms with van der Waals surface area (Å²) in [5, 5.41) is 9.28. The van der Waals surface area contributed by atoms with Gasteiger partial charge in [0.1, 0.15) is 5.76 Å². The second-order valence-electron chi connectivity index (χ2n) is 2.65. The summed E-state index contributed by atoms with van der Waals surface area (Å²) in [5.41, 5.74) is 0.242. The summed E-state index contributed by atoms with van der Waals surface area (Å²) < 4.78 is 4.83. The summed E-state index contributed by atoms with van der Waals surface area (Å²) in [7, 11) is 0. The van der Waals surface area contributed by atoms with Gasteiger partial charge in [-0.1, -0.05) is 13.0 Å². The smallest absolute Gasteiger partial charge is 0.337 e. The van der Waals surface area contributed by atoms with E-state index in [1.807, 2.05) is 6.92 Å². The minimum absolute atomic E-state index is 0.0383. The van der Waals surface area contributed by atoms with Crippen LogP contribution in [0.1, 0.15) is 27.2 Å². The molecule has 0 saturated heterocycles. The Morgan fingerprint density at radius 1 is 1.54 bits per heavy atom. The first-order valence-corrected chi connectivity index (χ1v) is 4.33. The van der Waals surface area contributed by atoms with Gasteiger partial charge in [0.05, 0.1) is 12.2 Å².